The lowest BCUT2D eigenvalue weighted by molar-refractivity contribution is 0.102. The van der Waals surface area contributed by atoms with Gasteiger partial charge in [-0.25, -0.2) is 4.68 Å². The number of aromatic nitrogens is 7. The summed E-state index contributed by atoms with van der Waals surface area (Å²) in [6.45, 7) is 5.68. The van der Waals surface area contributed by atoms with E-state index >= 15 is 0 Å². The molecule has 3 heterocycles. The Labute approximate surface area is 223 Å². The van der Waals surface area contributed by atoms with Crippen molar-refractivity contribution in [3.05, 3.63) is 93.7 Å². The van der Waals surface area contributed by atoms with Crippen LogP contribution in [-0.4, -0.2) is 52.8 Å². The molecular weight excluding hydrogens is 502 g/mol. The third kappa shape index (κ3) is 4.34. The predicted molar refractivity (Wildman–Crippen MR) is 145 cm³/mol. The highest BCUT2D eigenvalue weighted by molar-refractivity contribution is 7.99. The molecular formula is C27H27N7O3S. The van der Waals surface area contributed by atoms with Crippen LogP contribution in [0.3, 0.4) is 0 Å². The molecule has 0 saturated carbocycles. The van der Waals surface area contributed by atoms with Crippen molar-refractivity contribution in [2.24, 2.45) is 7.05 Å². The number of benzene rings is 2. The number of aryl methyl sites for hydroxylation is 1. The van der Waals surface area contributed by atoms with Gasteiger partial charge in [0, 0.05) is 24.0 Å². The van der Waals surface area contributed by atoms with Crippen molar-refractivity contribution in [1.29, 1.82) is 0 Å². The zero-order valence-corrected chi connectivity index (χ0v) is 22.6. The van der Waals surface area contributed by atoms with Crippen LogP contribution < -0.4 is 10.3 Å². The standard InChI is InChI=1S/C27H27N7O3S/c1-17-15-23(24(35)16-38-27-28-29-30-33(27)20-11-13-22(37-5)14-12-20)18(2)32(17)25-19(3)31(4)34(26(25)36)21-9-7-6-8-10-21/h6-15H,16H2,1-5H3. The molecule has 10 nitrogen and oxygen atoms in total. The van der Waals surface area contributed by atoms with Crippen LogP contribution >= 0.6 is 11.8 Å². The van der Waals surface area contributed by atoms with E-state index in [2.05, 4.69) is 15.5 Å². The molecule has 0 radical (unpaired) electrons. The molecule has 2 aromatic carbocycles. The Hall–Kier alpha value is -4.38. The first kappa shape index (κ1) is 25.3. The van der Waals surface area contributed by atoms with Gasteiger partial charge in [0.05, 0.1) is 29.9 Å². The first-order valence-corrected chi connectivity index (χ1v) is 12.9. The van der Waals surface area contributed by atoms with Gasteiger partial charge in [-0.2, -0.15) is 4.68 Å². The Morgan fingerprint density at radius 2 is 1.68 bits per heavy atom. The fourth-order valence-electron chi connectivity index (χ4n) is 4.56. The number of tetrazole rings is 1. The third-order valence-corrected chi connectivity index (χ3v) is 7.49. The van der Waals surface area contributed by atoms with Crippen molar-refractivity contribution in [1.82, 2.24) is 34.1 Å². The predicted octanol–water partition coefficient (Wildman–Crippen LogP) is 3.85. The molecule has 0 unspecified atom stereocenters. The van der Waals surface area contributed by atoms with Crippen LogP contribution in [-0.2, 0) is 7.05 Å². The van der Waals surface area contributed by atoms with E-state index in [-0.39, 0.29) is 17.1 Å². The van der Waals surface area contributed by atoms with E-state index in [1.165, 1.54) is 11.8 Å². The zero-order chi connectivity index (χ0) is 27.0. The fourth-order valence-corrected chi connectivity index (χ4v) is 5.34. The average Bonchev–Trinajstić information content (AvgIpc) is 3.58. The summed E-state index contributed by atoms with van der Waals surface area (Å²) >= 11 is 1.26. The number of carbonyl (C=O) groups excluding carboxylic acids is 1. The van der Waals surface area contributed by atoms with Gasteiger partial charge in [0.25, 0.3) is 5.56 Å². The number of thioether (sulfide) groups is 1. The molecule has 0 saturated heterocycles. The number of rotatable bonds is 8. The van der Waals surface area contributed by atoms with Gasteiger partial charge in [-0.3, -0.25) is 14.3 Å². The summed E-state index contributed by atoms with van der Waals surface area (Å²) in [7, 11) is 3.46. The largest absolute Gasteiger partial charge is 0.497 e. The van der Waals surface area contributed by atoms with E-state index in [1.807, 2.05) is 97.7 Å². The number of nitrogens with zero attached hydrogens (tertiary/aromatic N) is 7. The van der Waals surface area contributed by atoms with E-state index in [4.69, 9.17) is 4.74 Å². The number of hydrogen-bond acceptors (Lipinski definition) is 7. The second-order valence-electron chi connectivity index (χ2n) is 8.81. The maximum Gasteiger partial charge on any atom is 0.295 e. The van der Waals surface area contributed by atoms with Crippen LogP contribution in [0.15, 0.2) is 70.6 Å². The van der Waals surface area contributed by atoms with Crippen LogP contribution in [0.5, 0.6) is 5.75 Å². The lowest BCUT2D eigenvalue weighted by atomic mass is 10.2. The van der Waals surface area contributed by atoms with Crippen LogP contribution in [0, 0.1) is 20.8 Å². The summed E-state index contributed by atoms with van der Waals surface area (Å²) in [6.07, 6.45) is 0. The molecule has 11 heteroatoms. The minimum Gasteiger partial charge on any atom is -0.497 e. The van der Waals surface area contributed by atoms with Crippen LogP contribution in [0.4, 0.5) is 0 Å². The molecule has 0 bridgehead atoms. The Morgan fingerprint density at radius 3 is 2.37 bits per heavy atom. The van der Waals surface area contributed by atoms with Gasteiger partial charge in [0.15, 0.2) is 5.78 Å². The quantitative estimate of drug-likeness (QED) is 0.222. The average molecular weight is 530 g/mol. The van der Waals surface area contributed by atoms with Crippen molar-refractivity contribution in [3.63, 3.8) is 0 Å². The number of Topliss-reactive ketones (excluding diaryl/α,β-unsaturated/α-hetero) is 1. The van der Waals surface area contributed by atoms with Crippen LogP contribution in [0.25, 0.3) is 17.1 Å². The first-order chi connectivity index (χ1) is 18.3. The molecule has 38 heavy (non-hydrogen) atoms. The highest BCUT2D eigenvalue weighted by atomic mass is 32.2. The smallest absolute Gasteiger partial charge is 0.295 e. The highest BCUT2D eigenvalue weighted by Gasteiger charge is 2.24. The molecule has 5 aromatic rings. The lowest BCUT2D eigenvalue weighted by Crippen LogP contribution is -2.22. The summed E-state index contributed by atoms with van der Waals surface area (Å²) in [5, 5.41) is 12.4. The summed E-state index contributed by atoms with van der Waals surface area (Å²) in [5.41, 5.74) is 4.81. The van der Waals surface area contributed by atoms with Crippen molar-refractivity contribution >= 4 is 17.5 Å². The van der Waals surface area contributed by atoms with Crippen molar-refractivity contribution in [3.8, 4) is 22.8 Å². The number of carbonyl (C=O) groups is 1. The molecule has 0 aliphatic rings. The number of ketones is 1. The van der Waals surface area contributed by atoms with E-state index in [0.29, 0.717) is 22.1 Å². The molecule has 0 fully saturated rings. The second kappa shape index (κ2) is 10.2. The lowest BCUT2D eigenvalue weighted by Gasteiger charge is -2.09. The van der Waals surface area contributed by atoms with Gasteiger partial charge in [0.1, 0.15) is 11.4 Å². The number of hydrogen-bond donors (Lipinski definition) is 0. The van der Waals surface area contributed by atoms with Gasteiger partial charge in [0.2, 0.25) is 5.16 Å². The molecule has 3 aromatic heterocycles. The first-order valence-electron chi connectivity index (χ1n) is 11.9. The van der Waals surface area contributed by atoms with Crippen molar-refractivity contribution in [2.75, 3.05) is 12.9 Å². The van der Waals surface area contributed by atoms with E-state index < -0.39 is 0 Å². The molecule has 0 N–H and O–H groups in total. The monoisotopic (exact) mass is 529 g/mol. The number of para-hydroxylation sites is 1. The van der Waals surface area contributed by atoms with E-state index in [0.717, 1.165) is 28.5 Å². The van der Waals surface area contributed by atoms with Gasteiger partial charge < -0.3 is 9.30 Å². The highest BCUT2D eigenvalue weighted by Crippen LogP contribution is 2.26. The third-order valence-electron chi connectivity index (χ3n) is 6.57. The maximum absolute atomic E-state index is 13.6. The minimum atomic E-state index is -0.148. The van der Waals surface area contributed by atoms with Gasteiger partial charge in [-0.15, -0.1) is 5.10 Å². The fraction of sp³-hybridized carbons (Fsp3) is 0.222. The van der Waals surface area contributed by atoms with Crippen LogP contribution in [0.1, 0.15) is 27.4 Å². The summed E-state index contributed by atoms with van der Waals surface area (Å²) in [4.78, 5) is 26.9. The van der Waals surface area contributed by atoms with Crippen LogP contribution in [0.2, 0.25) is 0 Å². The van der Waals surface area contributed by atoms with E-state index in [9.17, 15) is 9.59 Å². The molecule has 5 rings (SSSR count). The van der Waals surface area contributed by atoms with Crippen molar-refractivity contribution < 1.29 is 9.53 Å². The number of ether oxygens (including phenoxy) is 1. The molecule has 194 valence electrons. The Kier molecular flexibility index (Phi) is 6.77. The topological polar surface area (TPSA) is 102 Å². The Bertz CT molecular complexity index is 1680. The summed E-state index contributed by atoms with van der Waals surface area (Å²) in [5.74, 6) is 0.796. The SMILES string of the molecule is COc1ccc(-n2nnnc2SCC(=O)c2cc(C)n(-c3c(C)n(C)n(-c4ccccc4)c3=O)c2C)cc1. The van der Waals surface area contributed by atoms with Gasteiger partial charge in [-0.1, -0.05) is 30.0 Å². The summed E-state index contributed by atoms with van der Waals surface area (Å²) < 4.78 is 12.1. The Balaban J connectivity index is 1.43. The minimum absolute atomic E-state index is 0.0735. The van der Waals surface area contributed by atoms with Crippen molar-refractivity contribution in [2.45, 2.75) is 25.9 Å². The molecule has 0 spiro atoms. The molecule has 0 amide bonds. The number of methoxy groups -OCH3 is 1. The second-order valence-corrected chi connectivity index (χ2v) is 9.76. The zero-order valence-electron chi connectivity index (χ0n) is 21.7. The Morgan fingerprint density at radius 1 is 0.974 bits per heavy atom. The van der Waals surface area contributed by atoms with Gasteiger partial charge >= 0.3 is 0 Å². The maximum atomic E-state index is 13.6. The van der Waals surface area contributed by atoms with E-state index in [1.54, 1.807) is 16.5 Å². The molecule has 0 aliphatic carbocycles. The molecule has 0 aliphatic heterocycles. The van der Waals surface area contributed by atoms with Gasteiger partial charge in [-0.05, 0) is 73.7 Å². The summed E-state index contributed by atoms with van der Waals surface area (Å²) in [6, 6.07) is 18.7. The normalized spacial score (nSPS) is 11.2. The molecule has 0 atom stereocenters.